The summed E-state index contributed by atoms with van der Waals surface area (Å²) in [6.07, 6.45) is 3.51. The number of carbonyl (C=O) groups is 3. The Morgan fingerprint density at radius 1 is 0.594 bits per heavy atom. The van der Waals surface area contributed by atoms with Crippen LogP contribution in [0.15, 0.2) is 97.1 Å². The summed E-state index contributed by atoms with van der Waals surface area (Å²) in [4.78, 5) is 39.4. The zero-order chi connectivity index (χ0) is 49.4. The number of anilines is 4. The number of H-pyrrole nitrogens is 2. The number of nitrogens with two attached hydrogens (primary N) is 2. The first-order valence-corrected chi connectivity index (χ1v) is 23.7. The van der Waals surface area contributed by atoms with E-state index in [1.165, 1.54) is 51.9 Å². The number of nitrogens with zero attached hydrogens (tertiary/aromatic N) is 3. The van der Waals surface area contributed by atoms with Crippen LogP contribution in [-0.2, 0) is 25.9 Å². The number of aromatic nitrogens is 4. The lowest BCUT2D eigenvalue weighted by atomic mass is 9.98. The van der Waals surface area contributed by atoms with Gasteiger partial charge in [0.2, 0.25) is 0 Å². The van der Waals surface area contributed by atoms with E-state index in [-0.39, 0.29) is 5.91 Å². The smallest absolute Gasteiger partial charge is 0.255 e. The minimum absolute atomic E-state index is 0.165. The highest BCUT2D eigenvalue weighted by atomic mass is 16.2. The first kappa shape index (κ1) is 49.2. The first-order valence-electron chi connectivity index (χ1n) is 23.7. The molecule has 2 aromatic heterocycles. The van der Waals surface area contributed by atoms with Gasteiger partial charge < -0.3 is 32.3 Å². The maximum Gasteiger partial charge on any atom is 0.255 e. The lowest BCUT2D eigenvalue weighted by Crippen LogP contribution is -2.32. The van der Waals surface area contributed by atoms with Gasteiger partial charge in [-0.25, -0.2) is 0 Å². The van der Waals surface area contributed by atoms with Crippen LogP contribution >= 0.6 is 0 Å². The summed E-state index contributed by atoms with van der Waals surface area (Å²) in [5.74, 6) is 0.580. The number of aryl methyl sites for hydroxylation is 5. The Hall–Kier alpha value is -7.67. The van der Waals surface area contributed by atoms with Crippen LogP contribution in [0, 0.1) is 54.4 Å². The molecule has 1 fully saturated rings. The van der Waals surface area contributed by atoms with Gasteiger partial charge in [-0.2, -0.15) is 10.2 Å². The fourth-order valence-corrected chi connectivity index (χ4v) is 8.74. The number of nitrogens with one attached hydrogen (secondary N) is 5. The summed E-state index contributed by atoms with van der Waals surface area (Å²) >= 11 is 0. The van der Waals surface area contributed by atoms with Crippen LogP contribution in [0.25, 0.3) is 0 Å². The maximum absolute atomic E-state index is 12.5. The van der Waals surface area contributed by atoms with Crippen molar-refractivity contribution in [2.75, 3.05) is 33.9 Å². The van der Waals surface area contributed by atoms with Crippen LogP contribution in [0.1, 0.15) is 123 Å². The number of amides is 3. The molecule has 1 saturated heterocycles. The van der Waals surface area contributed by atoms with Crippen LogP contribution in [0.2, 0.25) is 0 Å². The summed E-state index contributed by atoms with van der Waals surface area (Å²) in [7, 11) is 0. The topological polar surface area (TPSA) is 200 Å². The Morgan fingerprint density at radius 3 is 1.43 bits per heavy atom. The van der Waals surface area contributed by atoms with Crippen LogP contribution in [0.3, 0.4) is 0 Å². The van der Waals surface area contributed by atoms with Gasteiger partial charge in [0.1, 0.15) is 11.1 Å². The summed E-state index contributed by atoms with van der Waals surface area (Å²) in [5, 5.41) is 24.1. The summed E-state index contributed by atoms with van der Waals surface area (Å²) < 4.78 is 0. The zero-order valence-electron chi connectivity index (χ0n) is 41.2. The van der Waals surface area contributed by atoms with Gasteiger partial charge in [-0.1, -0.05) is 73.2 Å². The van der Waals surface area contributed by atoms with Crippen molar-refractivity contribution in [3.05, 3.63) is 186 Å². The molecule has 8 rings (SSSR count). The number of piperidine rings is 1. The molecule has 0 saturated carbocycles. The number of primary amides is 2. The highest BCUT2D eigenvalue weighted by Crippen LogP contribution is 2.27. The second kappa shape index (κ2) is 22.0. The molecule has 1 aliphatic heterocycles. The third-order valence-corrected chi connectivity index (χ3v) is 13.4. The normalized spacial score (nSPS) is 12.6. The minimum atomic E-state index is -0.542. The number of rotatable bonds is 15. The number of aromatic amines is 2. The molecule has 3 heterocycles. The SMILES string of the molecule is Cc1cc(CNc2n[nH]c(Cc3ccc(N4CCC(C)CC4)cc3)c2C(N)=O)cc(C)c1C.Cc1ccc(C(=O)Nc2ccc(Cc3[nH]nc(NCc4cc(C)c(C)c(C)c4)c3C(N)=O)cc2)cc1. The van der Waals surface area contributed by atoms with Gasteiger partial charge in [0.05, 0.1) is 11.4 Å². The van der Waals surface area contributed by atoms with E-state index in [4.69, 9.17) is 11.5 Å². The minimum Gasteiger partial charge on any atom is -0.372 e. The Labute approximate surface area is 405 Å². The third kappa shape index (κ3) is 12.5. The molecule has 358 valence electrons. The second-order valence-electron chi connectivity index (χ2n) is 18.7. The molecular formula is C56H66N10O3. The van der Waals surface area contributed by atoms with E-state index in [1.807, 2.05) is 43.3 Å². The Morgan fingerprint density at radius 2 is 1.01 bits per heavy atom. The van der Waals surface area contributed by atoms with Gasteiger partial charge in [-0.15, -0.1) is 0 Å². The van der Waals surface area contributed by atoms with Gasteiger partial charge >= 0.3 is 0 Å². The second-order valence-corrected chi connectivity index (χ2v) is 18.7. The van der Waals surface area contributed by atoms with Crippen molar-refractivity contribution in [3.63, 3.8) is 0 Å². The predicted molar refractivity (Wildman–Crippen MR) is 278 cm³/mol. The lowest BCUT2D eigenvalue weighted by Gasteiger charge is -2.32. The first-order chi connectivity index (χ1) is 33.0. The molecule has 69 heavy (non-hydrogen) atoms. The fraction of sp³-hybridized carbons (Fsp3) is 0.304. The van der Waals surface area contributed by atoms with Crippen molar-refractivity contribution in [3.8, 4) is 0 Å². The number of carbonyl (C=O) groups excluding carboxylic acids is 3. The van der Waals surface area contributed by atoms with Crippen LogP contribution in [-0.4, -0.2) is 51.2 Å². The van der Waals surface area contributed by atoms with Gasteiger partial charge in [0.25, 0.3) is 17.7 Å². The quantitative estimate of drug-likeness (QED) is 0.0527. The van der Waals surface area contributed by atoms with Crippen LogP contribution < -0.4 is 32.3 Å². The van der Waals surface area contributed by atoms with E-state index >= 15 is 0 Å². The largest absolute Gasteiger partial charge is 0.372 e. The van der Waals surface area contributed by atoms with E-state index in [9.17, 15) is 14.4 Å². The third-order valence-electron chi connectivity index (χ3n) is 13.4. The van der Waals surface area contributed by atoms with Crippen molar-refractivity contribution in [1.82, 2.24) is 20.4 Å². The Kier molecular flexibility index (Phi) is 15.7. The van der Waals surface area contributed by atoms with E-state index in [0.29, 0.717) is 65.6 Å². The molecule has 0 aliphatic carbocycles. The molecular weight excluding hydrogens is 861 g/mol. The van der Waals surface area contributed by atoms with Crippen molar-refractivity contribution in [1.29, 1.82) is 0 Å². The molecule has 13 heteroatoms. The van der Waals surface area contributed by atoms with Gasteiger partial charge in [0.15, 0.2) is 11.6 Å². The van der Waals surface area contributed by atoms with Crippen molar-refractivity contribution in [2.24, 2.45) is 17.4 Å². The number of benzene rings is 5. The molecule has 0 bridgehead atoms. The van der Waals surface area contributed by atoms with Crippen molar-refractivity contribution < 1.29 is 14.4 Å². The van der Waals surface area contributed by atoms with Crippen LogP contribution in [0.4, 0.5) is 23.0 Å². The molecule has 3 amide bonds. The maximum atomic E-state index is 12.5. The predicted octanol–water partition coefficient (Wildman–Crippen LogP) is 10.1. The summed E-state index contributed by atoms with van der Waals surface area (Å²) in [6, 6.07) is 32.1. The van der Waals surface area contributed by atoms with E-state index < -0.39 is 11.8 Å². The average Bonchev–Trinajstić information content (AvgIpc) is 3.93. The molecule has 0 atom stereocenters. The molecule has 13 nitrogen and oxygen atoms in total. The van der Waals surface area contributed by atoms with E-state index in [2.05, 4.69) is 138 Å². The lowest BCUT2D eigenvalue weighted by molar-refractivity contribution is 0.0991. The number of hydrogen-bond donors (Lipinski definition) is 7. The molecule has 9 N–H and O–H groups in total. The van der Waals surface area contributed by atoms with E-state index in [0.717, 1.165) is 52.5 Å². The van der Waals surface area contributed by atoms with Gasteiger partial charge in [-0.3, -0.25) is 24.6 Å². The zero-order valence-corrected chi connectivity index (χ0v) is 41.2. The monoisotopic (exact) mass is 927 g/mol. The summed E-state index contributed by atoms with van der Waals surface area (Å²) in [6.45, 7) is 20.3. The fourth-order valence-electron chi connectivity index (χ4n) is 8.74. The highest BCUT2D eigenvalue weighted by molar-refractivity contribution is 6.04. The van der Waals surface area contributed by atoms with Gasteiger partial charge in [0, 0.05) is 56.0 Å². The molecule has 1 aliphatic rings. The molecule has 0 spiro atoms. The van der Waals surface area contributed by atoms with Crippen molar-refractivity contribution >= 4 is 40.7 Å². The van der Waals surface area contributed by atoms with Crippen molar-refractivity contribution in [2.45, 2.75) is 94.2 Å². The molecule has 0 radical (unpaired) electrons. The molecule has 7 aromatic rings. The molecule has 0 unspecified atom stereocenters. The Balaban J connectivity index is 0.000000205. The summed E-state index contributed by atoms with van der Waals surface area (Å²) in [5.41, 5.74) is 29.1. The average molecular weight is 927 g/mol. The standard InChI is InChI=1S/C29H31N5O2.C27H35N5O/c1-17-5-9-23(10-6-17)29(36)32-24-11-7-21(8-12-24)15-25-26(27(30)35)28(34-33-25)31-16-22-13-18(2)20(4)19(3)14-22;1-17-9-11-32(12-10-17)23-7-5-21(6-8-23)15-24-25(26(28)33)27(31-30-24)29-16-22-13-18(2)20(4)19(3)14-22/h5-14H,15-16H2,1-4H3,(H2,30,35)(H,32,36)(H2,31,33,34);5-8,13-14,17H,9-12,15-16H2,1-4H3,(H2,28,33)(H2,29,30,31). The number of hydrogen-bond acceptors (Lipinski definition) is 8. The van der Waals surface area contributed by atoms with Gasteiger partial charge in [-0.05, 0) is 159 Å². The van der Waals surface area contributed by atoms with Crippen LogP contribution in [0.5, 0.6) is 0 Å². The highest BCUT2D eigenvalue weighted by Gasteiger charge is 2.21. The van der Waals surface area contributed by atoms with E-state index in [1.54, 1.807) is 12.1 Å². The Bertz CT molecular complexity index is 2880. The molecule has 5 aromatic carbocycles.